The molecule has 2 heterocycles. The fourth-order valence-electron chi connectivity index (χ4n) is 4.90. The Kier molecular flexibility index (Phi) is 7.24. The van der Waals surface area contributed by atoms with Crippen LogP contribution in [0.5, 0.6) is 5.75 Å². The maximum absolute atomic E-state index is 15.4. The Hall–Kier alpha value is -2.84. The molecule has 0 aliphatic carbocycles. The van der Waals surface area contributed by atoms with E-state index >= 15 is 8.78 Å². The molecule has 0 radical (unpaired) electrons. The van der Waals surface area contributed by atoms with Gasteiger partial charge >= 0.3 is 5.97 Å². The minimum absolute atomic E-state index is 0.0184. The van der Waals surface area contributed by atoms with E-state index in [4.69, 9.17) is 14.6 Å². The zero-order valence-electron chi connectivity index (χ0n) is 20.1. The fraction of sp³-hybridized carbons (Fsp3) is 0.444. The van der Waals surface area contributed by atoms with Gasteiger partial charge in [-0.2, -0.15) is 0 Å². The molecule has 2 aliphatic rings. The fourth-order valence-corrected chi connectivity index (χ4v) is 4.90. The molecular weight excluding hydrogens is 459 g/mol. The summed E-state index contributed by atoms with van der Waals surface area (Å²) >= 11 is 0. The summed E-state index contributed by atoms with van der Waals surface area (Å²) in [7, 11) is 0. The number of ether oxygens (including phenoxy) is 2. The molecule has 0 unspecified atom stereocenters. The van der Waals surface area contributed by atoms with E-state index in [9.17, 15) is 9.18 Å². The highest BCUT2D eigenvalue weighted by molar-refractivity contribution is 5.85. The maximum atomic E-state index is 15.4. The molecule has 0 spiro atoms. The molecule has 1 saturated heterocycles. The summed E-state index contributed by atoms with van der Waals surface area (Å²) in [4.78, 5) is 12.6. The molecule has 1 N–H and O–H groups in total. The zero-order chi connectivity index (χ0) is 25.3. The first-order valence-corrected chi connectivity index (χ1v) is 11.7. The minimum atomic E-state index is -1.59. The van der Waals surface area contributed by atoms with Crippen LogP contribution < -0.4 is 4.74 Å². The summed E-state index contributed by atoms with van der Waals surface area (Å²) in [6.07, 6.45) is 3.29. The number of hydrogen-bond donors (Lipinski definition) is 1. The van der Waals surface area contributed by atoms with E-state index in [1.54, 1.807) is 17.0 Å². The van der Waals surface area contributed by atoms with Crippen molar-refractivity contribution in [1.29, 1.82) is 0 Å². The molecule has 0 amide bonds. The molecule has 4 rings (SSSR count). The molecule has 3 atom stereocenters. The van der Waals surface area contributed by atoms with Crippen molar-refractivity contribution in [2.75, 3.05) is 19.8 Å². The smallest absolute Gasteiger partial charge is 0.328 e. The van der Waals surface area contributed by atoms with Gasteiger partial charge in [-0.05, 0) is 74.2 Å². The standard InChI is InChI=1S/C27H30F3NO4/c1-16-10-18-13-19(35-20-8-9-34-14-20)5-6-21(18)26(31(16)15-27(2,3)30)25-22(28)11-17(12-23(25)29)4-7-24(32)33/h4-7,11-13,16,20,26H,8-10,14-15H2,1-3H3,(H,32,33)/b7-4+/t16-,20-,26+/m0/s1. The van der Waals surface area contributed by atoms with Gasteiger partial charge in [0.05, 0.1) is 19.3 Å². The predicted octanol–water partition coefficient (Wildman–Crippen LogP) is 5.31. The van der Waals surface area contributed by atoms with E-state index in [0.717, 1.165) is 36.3 Å². The lowest BCUT2D eigenvalue weighted by Gasteiger charge is -2.44. The third-order valence-electron chi connectivity index (χ3n) is 6.36. The molecular formula is C27H30F3NO4. The molecule has 5 nitrogen and oxygen atoms in total. The van der Waals surface area contributed by atoms with Crippen LogP contribution in [0, 0.1) is 11.6 Å². The number of rotatable bonds is 7. The third-order valence-corrected chi connectivity index (χ3v) is 6.36. The lowest BCUT2D eigenvalue weighted by atomic mass is 9.83. The number of fused-ring (bicyclic) bond motifs is 1. The Morgan fingerprint density at radius 2 is 1.97 bits per heavy atom. The molecule has 188 valence electrons. The summed E-state index contributed by atoms with van der Waals surface area (Å²) in [6.45, 7) is 5.96. The number of alkyl halides is 1. The van der Waals surface area contributed by atoms with Gasteiger partial charge in [-0.3, -0.25) is 4.90 Å². The van der Waals surface area contributed by atoms with Crippen LogP contribution in [0.25, 0.3) is 6.08 Å². The minimum Gasteiger partial charge on any atom is -0.488 e. The number of carbonyl (C=O) groups is 1. The summed E-state index contributed by atoms with van der Waals surface area (Å²) < 4.78 is 57.1. The summed E-state index contributed by atoms with van der Waals surface area (Å²) in [6, 6.07) is 6.63. The molecule has 8 heteroatoms. The van der Waals surface area contributed by atoms with Crippen LogP contribution in [0.15, 0.2) is 36.4 Å². The van der Waals surface area contributed by atoms with E-state index in [-0.39, 0.29) is 29.8 Å². The normalized spacial score (nSPS) is 23.0. The van der Waals surface area contributed by atoms with Crippen molar-refractivity contribution in [2.24, 2.45) is 0 Å². The number of hydrogen-bond acceptors (Lipinski definition) is 4. The van der Waals surface area contributed by atoms with Crippen LogP contribution in [0.2, 0.25) is 0 Å². The molecule has 0 aromatic heterocycles. The Morgan fingerprint density at radius 3 is 2.57 bits per heavy atom. The molecule has 0 bridgehead atoms. The first kappa shape index (κ1) is 25.3. The molecule has 2 aromatic carbocycles. The molecule has 1 fully saturated rings. The Labute approximate surface area is 203 Å². The van der Waals surface area contributed by atoms with Gasteiger partial charge in [0.2, 0.25) is 0 Å². The van der Waals surface area contributed by atoms with Crippen molar-refractivity contribution in [1.82, 2.24) is 4.90 Å². The quantitative estimate of drug-likeness (QED) is 0.534. The monoisotopic (exact) mass is 489 g/mol. The number of carboxylic acids is 1. The van der Waals surface area contributed by atoms with Gasteiger partial charge in [0.25, 0.3) is 0 Å². The second-order valence-electron chi connectivity index (χ2n) is 9.88. The predicted molar refractivity (Wildman–Crippen MR) is 126 cm³/mol. The maximum Gasteiger partial charge on any atom is 0.328 e. The summed E-state index contributed by atoms with van der Waals surface area (Å²) in [5, 5.41) is 8.83. The van der Waals surface area contributed by atoms with Gasteiger partial charge in [0.15, 0.2) is 0 Å². The molecule has 2 aromatic rings. The highest BCUT2D eigenvalue weighted by Crippen LogP contribution is 2.42. The van der Waals surface area contributed by atoms with Crippen molar-refractivity contribution >= 4 is 12.0 Å². The average molecular weight is 490 g/mol. The average Bonchev–Trinajstić information content (AvgIpc) is 3.26. The van der Waals surface area contributed by atoms with Crippen molar-refractivity contribution in [2.45, 2.75) is 57.5 Å². The second kappa shape index (κ2) is 10.0. The van der Waals surface area contributed by atoms with Crippen LogP contribution in [0.3, 0.4) is 0 Å². The Morgan fingerprint density at radius 1 is 1.26 bits per heavy atom. The van der Waals surface area contributed by atoms with Gasteiger partial charge in [-0.1, -0.05) is 6.07 Å². The van der Waals surface area contributed by atoms with E-state index < -0.39 is 29.3 Å². The van der Waals surface area contributed by atoms with Crippen molar-refractivity contribution in [3.63, 3.8) is 0 Å². The topological polar surface area (TPSA) is 59.0 Å². The van der Waals surface area contributed by atoms with E-state index in [1.165, 1.54) is 13.8 Å². The van der Waals surface area contributed by atoms with Gasteiger partial charge < -0.3 is 14.6 Å². The van der Waals surface area contributed by atoms with Gasteiger partial charge in [0.1, 0.15) is 29.2 Å². The number of nitrogens with zero attached hydrogens (tertiary/aromatic N) is 1. The molecule has 0 saturated carbocycles. The van der Waals surface area contributed by atoms with Gasteiger partial charge in [0, 0.05) is 30.6 Å². The van der Waals surface area contributed by atoms with Crippen molar-refractivity contribution in [3.05, 3.63) is 70.3 Å². The third kappa shape index (κ3) is 5.87. The van der Waals surface area contributed by atoms with E-state index in [1.807, 2.05) is 13.0 Å². The first-order valence-electron chi connectivity index (χ1n) is 11.7. The van der Waals surface area contributed by atoms with Crippen LogP contribution in [0.4, 0.5) is 13.2 Å². The Bertz CT molecular complexity index is 1100. The number of aliphatic carboxylic acids is 1. The zero-order valence-corrected chi connectivity index (χ0v) is 20.1. The molecule has 2 aliphatic heterocycles. The largest absolute Gasteiger partial charge is 0.488 e. The SMILES string of the molecule is C[C@H]1Cc2cc(O[C@H]3CCOC3)ccc2[C@H](c2c(F)cc(/C=C/C(=O)O)cc2F)N1CC(C)(C)F. The van der Waals surface area contributed by atoms with Crippen LogP contribution in [-0.2, 0) is 16.0 Å². The van der Waals surface area contributed by atoms with E-state index in [2.05, 4.69) is 0 Å². The highest BCUT2D eigenvalue weighted by Gasteiger charge is 2.39. The number of carboxylic acid groups (broad SMARTS) is 1. The first-order chi connectivity index (χ1) is 16.5. The van der Waals surface area contributed by atoms with E-state index in [0.29, 0.717) is 30.9 Å². The van der Waals surface area contributed by atoms with Crippen molar-refractivity contribution < 1.29 is 32.5 Å². The van der Waals surface area contributed by atoms with Gasteiger partial charge in [-0.15, -0.1) is 0 Å². The lowest BCUT2D eigenvalue weighted by Crippen LogP contribution is -2.48. The Balaban J connectivity index is 1.78. The second-order valence-corrected chi connectivity index (χ2v) is 9.88. The summed E-state index contributed by atoms with van der Waals surface area (Å²) in [5.74, 6) is -2.18. The molecule has 35 heavy (non-hydrogen) atoms. The van der Waals surface area contributed by atoms with Crippen LogP contribution in [-0.4, -0.2) is 53.5 Å². The van der Waals surface area contributed by atoms with Crippen molar-refractivity contribution in [3.8, 4) is 5.75 Å². The summed E-state index contributed by atoms with van der Waals surface area (Å²) in [5.41, 5.74) is -0.107. The lowest BCUT2D eigenvalue weighted by molar-refractivity contribution is -0.131. The van der Waals surface area contributed by atoms with Crippen LogP contribution in [0.1, 0.15) is 55.5 Å². The number of halogens is 3. The highest BCUT2D eigenvalue weighted by atomic mass is 19.1. The number of benzene rings is 2. The van der Waals surface area contributed by atoms with Crippen LogP contribution >= 0.6 is 0 Å². The van der Waals surface area contributed by atoms with Gasteiger partial charge in [-0.25, -0.2) is 18.0 Å².